The van der Waals surface area contributed by atoms with Gasteiger partial charge in [0.15, 0.2) is 0 Å². The van der Waals surface area contributed by atoms with Crippen LogP contribution in [-0.2, 0) is 16.9 Å². The molecule has 1 atom stereocenters. The van der Waals surface area contributed by atoms with E-state index >= 15 is 0 Å². The second-order valence-corrected chi connectivity index (χ2v) is 9.84. The second kappa shape index (κ2) is 6.88. The highest BCUT2D eigenvalue weighted by Gasteiger charge is 2.45. The highest BCUT2D eigenvalue weighted by molar-refractivity contribution is 7.90. The number of benzene rings is 1. The van der Waals surface area contributed by atoms with Crippen LogP contribution in [0, 0.1) is 5.82 Å². The van der Waals surface area contributed by atoms with Gasteiger partial charge in [0.05, 0.1) is 11.2 Å². The molecule has 6 heteroatoms. The van der Waals surface area contributed by atoms with Gasteiger partial charge in [0.1, 0.15) is 15.7 Å². The number of hydrogen-bond donors (Lipinski definition) is 1. The largest absolute Gasteiger partial charge is 0.598 e. The third kappa shape index (κ3) is 4.00. The van der Waals surface area contributed by atoms with Gasteiger partial charge in [-0.3, -0.25) is 0 Å². The van der Waals surface area contributed by atoms with Gasteiger partial charge in [0, 0.05) is 16.9 Å². The monoisotopic (exact) mass is 380 g/mol. The Morgan fingerprint density at radius 2 is 1.84 bits per heavy atom. The predicted octanol–water partition coefficient (Wildman–Crippen LogP) is 4.97. The van der Waals surface area contributed by atoms with E-state index in [2.05, 4.69) is 9.71 Å². The molecule has 0 saturated heterocycles. The molecule has 1 saturated carbocycles. The molecule has 1 aromatic heterocycles. The first kappa shape index (κ1) is 18.6. The minimum absolute atomic E-state index is 0.288. The minimum atomic E-state index is -1.18. The zero-order valence-electron chi connectivity index (χ0n) is 14.6. The van der Waals surface area contributed by atoms with Crippen LogP contribution < -0.4 is 4.72 Å². The Bertz CT molecular complexity index is 757. The molecule has 1 aliphatic carbocycles. The average molecular weight is 381 g/mol. The first-order chi connectivity index (χ1) is 11.7. The van der Waals surface area contributed by atoms with Gasteiger partial charge in [0.2, 0.25) is 0 Å². The fourth-order valence-corrected chi connectivity index (χ4v) is 4.04. The van der Waals surface area contributed by atoms with E-state index < -0.39 is 11.4 Å². The van der Waals surface area contributed by atoms with Crippen molar-refractivity contribution in [1.82, 2.24) is 9.71 Å². The molecule has 1 unspecified atom stereocenters. The summed E-state index contributed by atoms with van der Waals surface area (Å²) in [5.74, 6) is -0.288. The van der Waals surface area contributed by atoms with Gasteiger partial charge in [-0.2, -0.15) is 0 Å². The van der Waals surface area contributed by atoms with Gasteiger partial charge in [-0.15, -0.1) is 4.72 Å². The van der Waals surface area contributed by atoms with E-state index in [9.17, 15) is 8.94 Å². The van der Waals surface area contributed by atoms with Crippen LogP contribution in [-0.4, -0.2) is 14.3 Å². The van der Waals surface area contributed by atoms with Crippen molar-refractivity contribution in [3.63, 3.8) is 0 Å². The zero-order valence-corrected chi connectivity index (χ0v) is 16.2. The molecule has 134 valence electrons. The number of nitrogens with one attached hydrogen (secondary N) is 1. The highest BCUT2D eigenvalue weighted by atomic mass is 35.5. The number of nitrogens with zero attached hydrogens (tertiary/aromatic N) is 1. The van der Waals surface area contributed by atoms with Crippen molar-refractivity contribution in [2.45, 2.75) is 50.3 Å². The third-order valence-corrected chi connectivity index (χ3v) is 6.42. The molecule has 2 aromatic rings. The summed E-state index contributed by atoms with van der Waals surface area (Å²) < 4.78 is 28.8. The second-order valence-electron chi connectivity index (χ2n) is 7.49. The van der Waals surface area contributed by atoms with Crippen LogP contribution >= 0.6 is 11.6 Å². The lowest BCUT2D eigenvalue weighted by molar-refractivity contribution is 0.222. The van der Waals surface area contributed by atoms with Crippen LogP contribution in [0.5, 0.6) is 0 Å². The number of rotatable bonds is 4. The molecule has 1 N–H and O–H groups in total. The van der Waals surface area contributed by atoms with Crippen LogP contribution in [0.1, 0.15) is 45.6 Å². The Hall–Kier alpha value is -1.14. The lowest BCUT2D eigenvalue weighted by Gasteiger charge is -2.44. The summed E-state index contributed by atoms with van der Waals surface area (Å²) in [6, 6.07) is 9.98. The van der Waals surface area contributed by atoms with Crippen molar-refractivity contribution in [3.05, 3.63) is 52.9 Å². The van der Waals surface area contributed by atoms with Crippen molar-refractivity contribution in [3.8, 4) is 11.3 Å². The molecule has 0 aliphatic heterocycles. The van der Waals surface area contributed by atoms with E-state index in [1.165, 1.54) is 12.1 Å². The first-order valence-electron chi connectivity index (χ1n) is 8.33. The lowest BCUT2D eigenvalue weighted by Crippen LogP contribution is -2.55. The first-order valence-corrected chi connectivity index (χ1v) is 9.86. The molecule has 1 heterocycles. The van der Waals surface area contributed by atoms with Gasteiger partial charge in [-0.05, 0) is 82.0 Å². The topological polar surface area (TPSA) is 48.0 Å². The zero-order chi connectivity index (χ0) is 18.2. The number of aromatic nitrogens is 1. The maximum atomic E-state index is 13.2. The van der Waals surface area contributed by atoms with Crippen LogP contribution in [0.25, 0.3) is 11.3 Å². The summed E-state index contributed by atoms with van der Waals surface area (Å²) in [7, 11) is 0. The maximum absolute atomic E-state index is 13.2. The van der Waals surface area contributed by atoms with E-state index in [1.807, 2.05) is 32.9 Å². The Kier molecular flexibility index (Phi) is 5.13. The Morgan fingerprint density at radius 1 is 1.20 bits per heavy atom. The summed E-state index contributed by atoms with van der Waals surface area (Å²) in [5, 5.41) is 0.381. The number of hydrogen-bond acceptors (Lipinski definition) is 3. The molecule has 25 heavy (non-hydrogen) atoms. The third-order valence-electron chi connectivity index (χ3n) is 4.54. The van der Waals surface area contributed by atoms with Crippen molar-refractivity contribution < 1.29 is 8.94 Å². The molecule has 3 rings (SSSR count). The van der Waals surface area contributed by atoms with Crippen LogP contribution in [0.3, 0.4) is 0 Å². The summed E-state index contributed by atoms with van der Waals surface area (Å²) in [5.41, 5.74) is 2.13. The predicted molar refractivity (Wildman–Crippen MR) is 101 cm³/mol. The molecule has 3 nitrogen and oxygen atoms in total. The smallest absolute Gasteiger partial charge is 0.136 e. The number of halogens is 2. The summed E-state index contributed by atoms with van der Waals surface area (Å²) >= 11 is 5.08. The van der Waals surface area contributed by atoms with Crippen molar-refractivity contribution in [2.75, 3.05) is 0 Å². The molecule has 0 bridgehead atoms. The van der Waals surface area contributed by atoms with E-state index in [0.717, 1.165) is 30.4 Å². The quantitative estimate of drug-likeness (QED) is 0.601. The molecule has 1 fully saturated rings. The summed E-state index contributed by atoms with van der Waals surface area (Å²) in [4.78, 5) is 4.37. The van der Waals surface area contributed by atoms with Gasteiger partial charge in [-0.25, -0.2) is 9.37 Å². The lowest BCUT2D eigenvalue weighted by atomic mass is 9.73. The minimum Gasteiger partial charge on any atom is -0.598 e. The van der Waals surface area contributed by atoms with Crippen LogP contribution in [0.2, 0.25) is 5.15 Å². The summed E-state index contributed by atoms with van der Waals surface area (Å²) in [6.07, 6.45) is 2.87. The molecular formula is C19H22ClFN2OS. The normalized spacial score (nSPS) is 17.8. The summed E-state index contributed by atoms with van der Waals surface area (Å²) in [6.45, 7) is 5.85. The van der Waals surface area contributed by atoms with Gasteiger partial charge in [0.25, 0.3) is 0 Å². The highest BCUT2D eigenvalue weighted by Crippen LogP contribution is 2.44. The molecule has 1 aliphatic rings. The molecule has 0 radical (unpaired) electrons. The molecule has 0 amide bonds. The van der Waals surface area contributed by atoms with Crippen molar-refractivity contribution >= 4 is 23.0 Å². The van der Waals surface area contributed by atoms with Gasteiger partial charge < -0.3 is 4.55 Å². The fraction of sp³-hybridized carbons (Fsp3) is 0.421. The molecule has 1 aromatic carbocycles. The molecule has 0 spiro atoms. The van der Waals surface area contributed by atoms with Gasteiger partial charge in [-0.1, -0.05) is 11.6 Å². The van der Waals surface area contributed by atoms with Gasteiger partial charge >= 0.3 is 0 Å². The number of pyridine rings is 1. The Balaban J connectivity index is 1.97. The van der Waals surface area contributed by atoms with E-state index in [1.54, 1.807) is 12.1 Å². The van der Waals surface area contributed by atoms with Crippen LogP contribution in [0.15, 0.2) is 36.4 Å². The van der Waals surface area contributed by atoms with Crippen LogP contribution in [0.4, 0.5) is 4.39 Å². The molecular weight excluding hydrogens is 359 g/mol. The SMILES string of the molecule is CC(C)(C)[S+]([O-])NC1(c2cc(Cl)nc(-c3ccc(F)cc3)c2)CCC1. The van der Waals surface area contributed by atoms with Crippen molar-refractivity contribution in [1.29, 1.82) is 0 Å². The fourth-order valence-electron chi connectivity index (χ4n) is 2.85. The Labute approximate surface area is 156 Å². The maximum Gasteiger partial charge on any atom is 0.136 e. The van der Waals surface area contributed by atoms with E-state index in [0.29, 0.717) is 10.8 Å². The standard InChI is InChI=1S/C19H22ClFN2OS/c1-18(2,3)25(24)23-19(9-4-10-19)14-11-16(22-17(20)12-14)13-5-7-15(21)8-6-13/h5-8,11-12,23H,4,9-10H2,1-3H3. The van der Waals surface area contributed by atoms with Crippen molar-refractivity contribution in [2.24, 2.45) is 0 Å². The van der Waals surface area contributed by atoms with E-state index in [-0.39, 0.29) is 16.1 Å². The average Bonchev–Trinajstić information content (AvgIpc) is 2.49. The Morgan fingerprint density at radius 3 is 2.36 bits per heavy atom. The van der Waals surface area contributed by atoms with E-state index in [4.69, 9.17) is 11.6 Å².